The van der Waals surface area contributed by atoms with Crippen LogP contribution in [0.1, 0.15) is 26.7 Å². The lowest BCUT2D eigenvalue weighted by molar-refractivity contribution is -0.154. The van der Waals surface area contributed by atoms with Crippen molar-refractivity contribution in [3.8, 4) is 11.5 Å². The molecule has 0 aliphatic heterocycles. The Morgan fingerprint density at radius 2 is 1.20 bits per heavy atom. The van der Waals surface area contributed by atoms with Crippen molar-refractivity contribution in [2.24, 2.45) is 0 Å². The normalized spacial score (nSPS) is 12.5. The summed E-state index contributed by atoms with van der Waals surface area (Å²) in [5, 5.41) is 3.54. The zero-order valence-corrected chi connectivity index (χ0v) is 24.3. The third kappa shape index (κ3) is 9.21. The highest BCUT2D eigenvalue weighted by molar-refractivity contribution is 6.31. The zero-order valence-electron chi connectivity index (χ0n) is 23.6. The Hall–Kier alpha value is -3.59. The molecule has 3 rings (SSSR count). The fourth-order valence-corrected chi connectivity index (χ4v) is 4.24. The van der Waals surface area contributed by atoms with Gasteiger partial charge in [-0.15, -0.1) is 13.2 Å². The fourth-order valence-electron chi connectivity index (χ4n) is 4.07. The van der Waals surface area contributed by atoms with Crippen LogP contribution in [0.2, 0.25) is 5.02 Å². The van der Waals surface area contributed by atoms with Crippen molar-refractivity contribution < 1.29 is 38.0 Å². The zero-order chi connectivity index (χ0) is 29.6. The first-order valence-corrected chi connectivity index (χ1v) is 13.9. The van der Waals surface area contributed by atoms with Crippen molar-refractivity contribution >= 4 is 45.1 Å². The van der Waals surface area contributed by atoms with E-state index in [9.17, 15) is 9.59 Å². The summed E-state index contributed by atoms with van der Waals surface area (Å²) in [5.74, 6) is 0.457. The molecule has 3 aromatic carbocycles. The Bertz CT molecular complexity index is 1340. The molecule has 220 valence electrons. The van der Waals surface area contributed by atoms with Crippen LogP contribution in [0.25, 0.3) is 21.5 Å². The van der Waals surface area contributed by atoms with E-state index >= 15 is 0 Å². The number of benzene rings is 3. The first-order valence-electron chi connectivity index (χ1n) is 13.6. The largest absolute Gasteiger partial charge is 0.488 e. The second-order valence-corrected chi connectivity index (χ2v) is 9.54. The predicted molar refractivity (Wildman–Crippen MR) is 160 cm³/mol. The molecule has 0 aliphatic rings. The minimum atomic E-state index is -0.629. The molecule has 0 saturated carbocycles. The molecule has 41 heavy (non-hydrogen) atoms. The van der Waals surface area contributed by atoms with Crippen LogP contribution < -0.4 is 9.47 Å². The van der Waals surface area contributed by atoms with Crippen LogP contribution in [0, 0.1) is 0 Å². The Morgan fingerprint density at radius 1 is 0.732 bits per heavy atom. The third-order valence-electron chi connectivity index (χ3n) is 5.97. The SMILES string of the molecule is C=CCOCC(COc1c2ccccc2c(OCC(COCC=C)OC(=O)CC)c2cc(Cl)ccc12)OC(=O)CC. The molecule has 9 heteroatoms. The van der Waals surface area contributed by atoms with Crippen molar-refractivity contribution in [3.63, 3.8) is 0 Å². The number of ether oxygens (including phenoxy) is 6. The summed E-state index contributed by atoms with van der Waals surface area (Å²) in [6.45, 7) is 11.8. The molecule has 0 aromatic heterocycles. The number of hydrogen-bond donors (Lipinski definition) is 0. The molecule has 0 bridgehead atoms. The van der Waals surface area contributed by atoms with Gasteiger partial charge in [0.05, 0.1) is 26.4 Å². The second-order valence-electron chi connectivity index (χ2n) is 9.10. The molecule has 2 unspecified atom stereocenters. The Balaban J connectivity index is 1.98. The van der Waals surface area contributed by atoms with E-state index in [0.717, 1.165) is 16.2 Å². The van der Waals surface area contributed by atoms with Crippen LogP contribution in [0.3, 0.4) is 0 Å². The number of carbonyl (C=O) groups excluding carboxylic acids is 2. The lowest BCUT2D eigenvalue weighted by atomic mass is 10.0. The van der Waals surface area contributed by atoms with Crippen molar-refractivity contribution in [1.82, 2.24) is 0 Å². The summed E-state index contributed by atoms with van der Waals surface area (Å²) < 4.78 is 34.9. The molecule has 0 radical (unpaired) electrons. The summed E-state index contributed by atoms with van der Waals surface area (Å²) in [6, 6.07) is 13.1. The monoisotopic (exact) mass is 584 g/mol. The molecular formula is C32H37ClO8. The summed E-state index contributed by atoms with van der Waals surface area (Å²) in [5.41, 5.74) is 0. The third-order valence-corrected chi connectivity index (χ3v) is 6.20. The number of fused-ring (bicyclic) bond motifs is 2. The number of rotatable bonds is 18. The smallest absolute Gasteiger partial charge is 0.305 e. The lowest BCUT2D eigenvalue weighted by Gasteiger charge is -2.23. The van der Waals surface area contributed by atoms with Crippen molar-refractivity contribution in [3.05, 3.63) is 72.8 Å². The first-order chi connectivity index (χ1) is 19.9. The van der Waals surface area contributed by atoms with Gasteiger partial charge in [-0.2, -0.15) is 0 Å². The van der Waals surface area contributed by atoms with E-state index in [2.05, 4.69) is 13.2 Å². The average molecular weight is 585 g/mol. The summed E-state index contributed by atoms with van der Waals surface area (Å²) >= 11 is 6.42. The average Bonchev–Trinajstić information content (AvgIpc) is 2.98. The van der Waals surface area contributed by atoms with E-state index in [1.807, 2.05) is 30.3 Å². The number of hydrogen-bond acceptors (Lipinski definition) is 8. The number of esters is 2. The van der Waals surface area contributed by atoms with Crippen molar-refractivity contribution in [2.75, 3.05) is 39.6 Å². The molecule has 0 aliphatic carbocycles. The Kier molecular flexibility index (Phi) is 12.9. The van der Waals surface area contributed by atoms with Crippen LogP contribution in [0.5, 0.6) is 11.5 Å². The Morgan fingerprint density at radius 3 is 1.66 bits per heavy atom. The van der Waals surface area contributed by atoms with E-state index < -0.39 is 12.2 Å². The van der Waals surface area contributed by atoms with Gasteiger partial charge in [0.2, 0.25) is 0 Å². The molecule has 0 spiro atoms. The van der Waals surface area contributed by atoms with Gasteiger partial charge < -0.3 is 28.4 Å². The van der Waals surface area contributed by atoms with Gasteiger partial charge in [0.15, 0.2) is 12.2 Å². The molecular weight excluding hydrogens is 548 g/mol. The number of halogens is 1. The molecule has 0 heterocycles. The van der Waals surface area contributed by atoms with Crippen LogP contribution in [0.15, 0.2) is 67.8 Å². The van der Waals surface area contributed by atoms with Gasteiger partial charge in [-0.05, 0) is 18.2 Å². The van der Waals surface area contributed by atoms with Gasteiger partial charge in [0.25, 0.3) is 0 Å². The van der Waals surface area contributed by atoms with Crippen LogP contribution in [-0.2, 0) is 28.5 Å². The highest BCUT2D eigenvalue weighted by Gasteiger charge is 2.22. The molecule has 0 saturated heterocycles. The maximum absolute atomic E-state index is 12.0. The Labute approximate surface area is 245 Å². The van der Waals surface area contributed by atoms with Crippen LogP contribution >= 0.6 is 11.6 Å². The van der Waals surface area contributed by atoms with Crippen LogP contribution in [-0.4, -0.2) is 63.8 Å². The topological polar surface area (TPSA) is 89.5 Å². The van der Waals surface area contributed by atoms with Gasteiger partial charge in [0.1, 0.15) is 24.7 Å². The lowest BCUT2D eigenvalue weighted by Crippen LogP contribution is -2.30. The van der Waals surface area contributed by atoms with Gasteiger partial charge in [-0.1, -0.05) is 61.9 Å². The second kappa shape index (κ2) is 16.6. The first kappa shape index (κ1) is 31.9. The van der Waals surface area contributed by atoms with Crippen molar-refractivity contribution in [2.45, 2.75) is 38.9 Å². The quantitative estimate of drug-likeness (QED) is 0.0729. The maximum Gasteiger partial charge on any atom is 0.305 e. The summed E-state index contributed by atoms with van der Waals surface area (Å²) in [6.07, 6.45) is 2.48. The van der Waals surface area contributed by atoms with Gasteiger partial charge in [0, 0.05) is 39.4 Å². The standard InChI is InChI=1S/C32H37ClO8/c1-5-15-36-18-23(40-29(34)7-3)20-38-31-25-11-9-10-12-26(25)32(28-17-22(33)13-14-27(28)31)39-21-24(19-37-16-6-2)41-30(35)8-4/h5-6,9-14,17,23-24H,1-2,7-8,15-16,18-21H2,3-4H3. The van der Waals surface area contributed by atoms with Gasteiger partial charge >= 0.3 is 11.9 Å². The molecule has 0 amide bonds. The molecule has 3 aromatic rings. The molecule has 0 fully saturated rings. The van der Waals surface area contributed by atoms with E-state index in [1.165, 1.54) is 0 Å². The molecule has 0 N–H and O–H groups in total. The minimum Gasteiger partial charge on any atom is -0.488 e. The molecule has 2 atom stereocenters. The van der Waals surface area contributed by atoms with E-state index in [-0.39, 0.29) is 51.2 Å². The number of carbonyl (C=O) groups is 2. The highest BCUT2D eigenvalue weighted by Crippen LogP contribution is 2.43. The van der Waals surface area contributed by atoms with Gasteiger partial charge in [-0.3, -0.25) is 9.59 Å². The minimum absolute atomic E-state index is 0.0599. The van der Waals surface area contributed by atoms with Crippen molar-refractivity contribution in [1.29, 1.82) is 0 Å². The summed E-state index contributed by atoms with van der Waals surface area (Å²) in [4.78, 5) is 24.1. The van der Waals surface area contributed by atoms with E-state index in [4.69, 9.17) is 40.0 Å². The predicted octanol–water partition coefficient (Wildman–Crippen LogP) is 6.45. The highest BCUT2D eigenvalue weighted by atomic mass is 35.5. The van der Waals surface area contributed by atoms with E-state index in [0.29, 0.717) is 35.1 Å². The van der Waals surface area contributed by atoms with E-state index in [1.54, 1.807) is 38.1 Å². The fraction of sp³-hybridized carbons (Fsp3) is 0.375. The summed E-state index contributed by atoms with van der Waals surface area (Å²) in [7, 11) is 0. The van der Waals surface area contributed by atoms with Gasteiger partial charge in [-0.25, -0.2) is 0 Å². The van der Waals surface area contributed by atoms with Crippen LogP contribution in [0.4, 0.5) is 0 Å². The maximum atomic E-state index is 12.0. The molecule has 8 nitrogen and oxygen atoms in total.